The Morgan fingerprint density at radius 2 is 1.80 bits per heavy atom. The van der Waals surface area contributed by atoms with Crippen LogP contribution in [0, 0.1) is 5.92 Å². The lowest BCUT2D eigenvalue weighted by Crippen LogP contribution is -2.55. The molecule has 196 valence electrons. The maximum atomic E-state index is 13.1. The number of nitrogens with zero attached hydrogens (tertiary/aromatic N) is 2. The first-order chi connectivity index (χ1) is 16.4. The Labute approximate surface area is 205 Å². The van der Waals surface area contributed by atoms with Crippen LogP contribution >= 0.6 is 0 Å². The second kappa shape index (κ2) is 12.4. The van der Waals surface area contributed by atoms with E-state index in [1.807, 2.05) is 6.92 Å². The Kier molecular flexibility index (Phi) is 10.1. The third-order valence-electron chi connectivity index (χ3n) is 6.70. The van der Waals surface area contributed by atoms with Crippen LogP contribution in [0.25, 0.3) is 0 Å². The Bertz CT molecular complexity index is 891. The first-order valence-corrected chi connectivity index (χ1v) is 12.1. The third kappa shape index (κ3) is 7.68. The summed E-state index contributed by atoms with van der Waals surface area (Å²) in [6.45, 7) is 9.25. The summed E-state index contributed by atoms with van der Waals surface area (Å²) in [6.07, 6.45) is -2.50. The minimum atomic E-state index is -4.57. The van der Waals surface area contributed by atoms with Crippen molar-refractivity contribution in [2.24, 2.45) is 5.92 Å². The minimum absolute atomic E-state index is 0.0321. The molecule has 2 N–H and O–H groups in total. The van der Waals surface area contributed by atoms with E-state index in [0.717, 1.165) is 31.2 Å². The summed E-state index contributed by atoms with van der Waals surface area (Å²) >= 11 is 0. The van der Waals surface area contributed by atoms with E-state index >= 15 is 0 Å². The normalized spacial score (nSPS) is 20.6. The monoisotopic (exact) mass is 498 g/mol. The Balaban J connectivity index is 2.04. The molecule has 0 saturated heterocycles. The molecule has 1 aliphatic carbocycles. The molecule has 0 aliphatic heterocycles. The van der Waals surface area contributed by atoms with Crippen LogP contribution in [-0.4, -0.2) is 72.3 Å². The maximum Gasteiger partial charge on any atom is 0.416 e. The summed E-state index contributed by atoms with van der Waals surface area (Å²) in [6, 6.07) is 4.22. The number of halogens is 3. The maximum absolute atomic E-state index is 13.1. The van der Waals surface area contributed by atoms with E-state index in [1.54, 1.807) is 11.9 Å². The summed E-state index contributed by atoms with van der Waals surface area (Å²) < 4.78 is 38.7. The van der Waals surface area contributed by atoms with Gasteiger partial charge in [-0.1, -0.05) is 13.0 Å². The average molecular weight is 499 g/mol. The van der Waals surface area contributed by atoms with Crippen LogP contribution in [0.5, 0.6) is 0 Å². The second-order valence-electron chi connectivity index (χ2n) is 9.29. The van der Waals surface area contributed by atoms with Crippen molar-refractivity contribution >= 4 is 17.7 Å². The Morgan fingerprint density at radius 3 is 2.37 bits per heavy atom. The molecule has 7 nitrogen and oxygen atoms in total. The number of carbonyl (C=O) groups is 3. The highest BCUT2D eigenvalue weighted by Crippen LogP contribution is 2.31. The molecule has 0 bridgehead atoms. The fraction of sp³-hybridized carbons (Fsp3) is 0.640. The van der Waals surface area contributed by atoms with Gasteiger partial charge in [-0.15, -0.1) is 0 Å². The van der Waals surface area contributed by atoms with Crippen molar-refractivity contribution in [3.63, 3.8) is 0 Å². The predicted octanol–water partition coefficient (Wildman–Crippen LogP) is 3.30. The van der Waals surface area contributed by atoms with Gasteiger partial charge in [0.05, 0.1) is 18.0 Å². The van der Waals surface area contributed by atoms with Crippen LogP contribution in [0.3, 0.4) is 0 Å². The van der Waals surface area contributed by atoms with Gasteiger partial charge >= 0.3 is 6.18 Å². The molecule has 3 amide bonds. The summed E-state index contributed by atoms with van der Waals surface area (Å²) in [4.78, 5) is 42.0. The highest BCUT2D eigenvalue weighted by atomic mass is 19.4. The highest BCUT2D eigenvalue weighted by Gasteiger charge is 2.39. The fourth-order valence-corrected chi connectivity index (χ4v) is 4.74. The van der Waals surface area contributed by atoms with E-state index in [2.05, 4.69) is 36.3 Å². The van der Waals surface area contributed by atoms with Crippen LogP contribution in [0.15, 0.2) is 24.3 Å². The van der Waals surface area contributed by atoms with Crippen molar-refractivity contribution in [1.29, 1.82) is 0 Å². The Hall–Kier alpha value is -2.62. The topological polar surface area (TPSA) is 81.8 Å². The van der Waals surface area contributed by atoms with Gasteiger partial charge in [0.2, 0.25) is 11.8 Å². The standard InChI is InChI=1S/C25H37F3N4O3/c1-6-31(5)24(35)20-14-19(32(7-2)16(3)4)11-12-21(20)30-22(33)15-29-23(34)17-9-8-10-18(13-17)25(26,27)28/h8-10,13,16,19-21H,6-7,11-12,14-15H2,1-5H3,(H,29,34)(H,30,33)/t19-,20-,21+/m1/s1. The third-order valence-corrected chi connectivity index (χ3v) is 6.70. The molecule has 0 spiro atoms. The van der Waals surface area contributed by atoms with E-state index in [0.29, 0.717) is 25.4 Å². The van der Waals surface area contributed by atoms with Gasteiger partial charge in [-0.05, 0) is 64.8 Å². The van der Waals surface area contributed by atoms with Crippen LogP contribution < -0.4 is 10.6 Å². The Morgan fingerprint density at radius 1 is 1.11 bits per heavy atom. The van der Waals surface area contributed by atoms with Gasteiger partial charge in [-0.2, -0.15) is 13.2 Å². The quantitative estimate of drug-likeness (QED) is 0.548. The molecule has 0 aromatic heterocycles. The molecular weight excluding hydrogens is 461 g/mol. The molecule has 1 fully saturated rings. The molecule has 0 heterocycles. The van der Waals surface area contributed by atoms with Gasteiger partial charge in [0.25, 0.3) is 5.91 Å². The van der Waals surface area contributed by atoms with Gasteiger partial charge in [0.15, 0.2) is 0 Å². The van der Waals surface area contributed by atoms with Crippen molar-refractivity contribution in [2.45, 2.75) is 71.3 Å². The number of alkyl halides is 3. The number of nitrogens with one attached hydrogen (secondary N) is 2. The van der Waals surface area contributed by atoms with Crippen LogP contribution in [0.2, 0.25) is 0 Å². The second-order valence-corrected chi connectivity index (χ2v) is 9.29. The summed E-state index contributed by atoms with van der Waals surface area (Å²) in [5.41, 5.74) is -1.12. The molecule has 3 atom stereocenters. The van der Waals surface area contributed by atoms with Crippen molar-refractivity contribution in [2.75, 3.05) is 26.7 Å². The van der Waals surface area contributed by atoms with E-state index in [9.17, 15) is 27.6 Å². The lowest BCUT2D eigenvalue weighted by molar-refractivity contribution is -0.138. The molecule has 1 saturated carbocycles. The van der Waals surface area contributed by atoms with Gasteiger partial charge < -0.3 is 15.5 Å². The minimum Gasteiger partial charge on any atom is -0.351 e. The first kappa shape index (κ1) is 28.6. The largest absolute Gasteiger partial charge is 0.416 e. The number of rotatable bonds is 9. The molecule has 0 radical (unpaired) electrons. The zero-order valence-corrected chi connectivity index (χ0v) is 21.1. The van der Waals surface area contributed by atoms with Gasteiger partial charge in [-0.3, -0.25) is 19.3 Å². The zero-order valence-electron chi connectivity index (χ0n) is 21.1. The van der Waals surface area contributed by atoms with Crippen LogP contribution in [0.4, 0.5) is 13.2 Å². The van der Waals surface area contributed by atoms with Crippen molar-refractivity contribution in [3.8, 4) is 0 Å². The molecule has 1 aromatic rings. The van der Waals surface area contributed by atoms with Crippen molar-refractivity contribution in [1.82, 2.24) is 20.4 Å². The van der Waals surface area contributed by atoms with Gasteiger partial charge in [0, 0.05) is 37.3 Å². The van der Waals surface area contributed by atoms with E-state index in [1.165, 1.54) is 6.07 Å². The highest BCUT2D eigenvalue weighted by molar-refractivity contribution is 5.96. The molecule has 35 heavy (non-hydrogen) atoms. The SMILES string of the molecule is CCN(C)C(=O)[C@@H]1C[C@H](N(CC)C(C)C)CC[C@@H]1NC(=O)CNC(=O)c1cccc(C(F)(F)F)c1. The summed E-state index contributed by atoms with van der Waals surface area (Å²) in [5.74, 6) is -1.68. The molecular formula is C25H37F3N4O3. The fourth-order valence-electron chi connectivity index (χ4n) is 4.74. The first-order valence-electron chi connectivity index (χ1n) is 12.1. The lowest BCUT2D eigenvalue weighted by Gasteiger charge is -2.43. The van der Waals surface area contributed by atoms with E-state index < -0.39 is 36.0 Å². The zero-order chi connectivity index (χ0) is 26.3. The van der Waals surface area contributed by atoms with E-state index in [4.69, 9.17) is 0 Å². The number of hydrogen-bond acceptors (Lipinski definition) is 4. The summed E-state index contributed by atoms with van der Waals surface area (Å²) in [5, 5.41) is 5.25. The number of carbonyl (C=O) groups excluding carboxylic acids is 3. The number of amides is 3. The summed E-state index contributed by atoms with van der Waals surface area (Å²) in [7, 11) is 1.74. The van der Waals surface area contributed by atoms with E-state index in [-0.39, 0.29) is 23.6 Å². The van der Waals surface area contributed by atoms with Crippen molar-refractivity contribution < 1.29 is 27.6 Å². The predicted molar refractivity (Wildman–Crippen MR) is 128 cm³/mol. The lowest BCUT2D eigenvalue weighted by atomic mass is 9.79. The molecule has 10 heteroatoms. The van der Waals surface area contributed by atoms with Crippen LogP contribution in [0.1, 0.15) is 62.9 Å². The number of hydrogen-bond donors (Lipinski definition) is 2. The smallest absolute Gasteiger partial charge is 0.351 e. The van der Waals surface area contributed by atoms with Crippen LogP contribution in [-0.2, 0) is 15.8 Å². The molecule has 1 aliphatic rings. The van der Waals surface area contributed by atoms with Gasteiger partial charge in [0.1, 0.15) is 0 Å². The molecule has 2 rings (SSSR count). The van der Waals surface area contributed by atoms with Crippen molar-refractivity contribution in [3.05, 3.63) is 35.4 Å². The molecule has 0 unspecified atom stereocenters. The molecule has 1 aromatic carbocycles. The number of benzene rings is 1. The van der Waals surface area contributed by atoms with Gasteiger partial charge in [-0.25, -0.2) is 0 Å². The average Bonchev–Trinajstić information content (AvgIpc) is 2.82.